The number of nitrogens with one attached hydrogen (secondary N) is 1. The SMILES string of the molecule is CC(=O)c1ccc(NC(=O)CC2(C(=O)O)CCCCCC2)cc1C. The maximum atomic E-state index is 12.4. The number of carbonyl (C=O) groups excluding carboxylic acids is 2. The maximum absolute atomic E-state index is 12.4. The summed E-state index contributed by atoms with van der Waals surface area (Å²) >= 11 is 0. The number of amides is 1. The first kappa shape index (κ1) is 18.2. The molecule has 5 nitrogen and oxygen atoms in total. The van der Waals surface area contributed by atoms with Gasteiger partial charge in [-0.15, -0.1) is 0 Å². The van der Waals surface area contributed by atoms with Crippen LogP contribution >= 0.6 is 0 Å². The number of carboxylic acids is 1. The highest BCUT2D eigenvalue weighted by atomic mass is 16.4. The van der Waals surface area contributed by atoms with Gasteiger partial charge in [-0.1, -0.05) is 25.7 Å². The number of Topliss-reactive ketones (excluding diaryl/α,β-unsaturated/α-hetero) is 1. The minimum Gasteiger partial charge on any atom is -0.481 e. The van der Waals surface area contributed by atoms with Crippen molar-refractivity contribution in [1.82, 2.24) is 0 Å². The summed E-state index contributed by atoms with van der Waals surface area (Å²) in [4.78, 5) is 35.6. The Morgan fingerprint density at radius 2 is 1.75 bits per heavy atom. The zero-order valence-corrected chi connectivity index (χ0v) is 14.4. The third kappa shape index (κ3) is 4.22. The normalized spacial score (nSPS) is 16.9. The third-order valence-corrected chi connectivity index (χ3v) is 4.90. The molecule has 0 saturated heterocycles. The predicted molar refractivity (Wildman–Crippen MR) is 92.2 cm³/mol. The minimum atomic E-state index is -0.949. The van der Waals surface area contributed by atoms with Crippen molar-refractivity contribution < 1.29 is 19.5 Å². The van der Waals surface area contributed by atoms with Gasteiger partial charge in [0.1, 0.15) is 0 Å². The molecule has 2 N–H and O–H groups in total. The molecule has 1 amide bonds. The van der Waals surface area contributed by atoms with Gasteiger partial charge in [0.15, 0.2) is 5.78 Å². The van der Waals surface area contributed by atoms with Crippen molar-refractivity contribution in [2.75, 3.05) is 5.32 Å². The Morgan fingerprint density at radius 1 is 1.12 bits per heavy atom. The van der Waals surface area contributed by atoms with Gasteiger partial charge in [-0.25, -0.2) is 0 Å². The van der Waals surface area contributed by atoms with E-state index in [-0.39, 0.29) is 18.1 Å². The average Bonchev–Trinajstić information content (AvgIpc) is 2.73. The van der Waals surface area contributed by atoms with Crippen LogP contribution in [0.4, 0.5) is 5.69 Å². The number of anilines is 1. The number of hydrogen-bond acceptors (Lipinski definition) is 3. The van der Waals surface area contributed by atoms with Crippen molar-refractivity contribution in [3.05, 3.63) is 29.3 Å². The molecule has 1 fully saturated rings. The fourth-order valence-corrected chi connectivity index (χ4v) is 3.52. The second kappa shape index (κ2) is 7.60. The third-order valence-electron chi connectivity index (χ3n) is 4.90. The fourth-order valence-electron chi connectivity index (χ4n) is 3.52. The molecule has 2 rings (SSSR count). The van der Waals surface area contributed by atoms with Crippen LogP contribution < -0.4 is 5.32 Å². The number of hydrogen-bond donors (Lipinski definition) is 2. The lowest BCUT2D eigenvalue weighted by molar-refractivity contribution is -0.152. The lowest BCUT2D eigenvalue weighted by Gasteiger charge is -2.27. The quantitative estimate of drug-likeness (QED) is 0.632. The highest BCUT2D eigenvalue weighted by Gasteiger charge is 2.40. The molecule has 1 aliphatic carbocycles. The molecule has 1 aromatic carbocycles. The van der Waals surface area contributed by atoms with Gasteiger partial charge in [-0.05, 0) is 50.5 Å². The molecule has 0 radical (unpaired) electrons. The van der Waals surface area contributed by atoms with Gasteiger partial charge in [0.05, 0.1) is 5.41 Å². The van der Waals surface area contributed by atoms with Crippen LogP contribution in [0.2, 0.25) is 0 Å². The first-order valence-corrected chi connectivity index (χ1v) is 8.49. The summed E-state index contributed by atoms with van der Waals surface area (Å²) < 4.78 is 0. The summed E-state index contributed by atoms with van der Waals surface area (Å²) in [6.45, 7) is 3.32. The highest BCUT2D eigenvalue weighted by molar-refractivity contribution is 5.97. The molecule has 1 saturated carbocycles. The summed E-state index contributed by atoms with van der Waals surface area (Å²) in [7, 11) is 0. The van der Waals surface area contributed by atoms with E-state index in [0.29, 0.717) is 24.1 Å². The largest absolute Gasteiger partial charge is 0.481 e. The summed E-state index contributed by atoms with van der Waals surface area (Å²) in [5.41, 5.74) is 1.06. The maximum Gasteiger partial charge on any atom is 0.310 e. The van der Waals surface area contributed by atoms with Crippen molar-refractivity contribution >= 4 is 23.3 Å². The number of aryl methyl sites for hydroxylation is 1. The van der Waals surface area contributed by atoms with E-state index in [2.05, 4.69) is 5.32 Å². The molecule has 0 spiro atoms. The zero-order valence-electron chi connectivity index (χ0n) is 14.4. The number of rotatable bonds is 5. The van der Waals surface area contributed by atoms with E-state index in [4.69, 9.17) is 0 Å². The van der Waals surface area contributed by atoms with Crippen molar-refractivity contribution in [2.45, 2.75) is 58.8 Å². The Hall–Kier alpha value is -2.17. The van der Waals surface area contributed by atoms with Gasteiger partial charge in [-0.2, -0.15) is 0 Å². The van der Waals surface area contributed by atoms with Crippen molar-refractivity contribution in [3.8, 4) is 0 Å². The topological polar surface area (TPSA) is 83.5 Å². The van der Waals surface area contributed by atoms with Crippen LogP contribution in [0.15, 0.2) is 18.2 Å². The van der Waals surface area contributed by atoms with Gasteiger partial charge in [0.25, 0.3) is 0 Å². The molecule has 0 bridgehead atoms. The molecule has 24 heavy (non-hydrogen) atoms. The van der Waals surface area contributed by atoms with Gasteiger partial charge in [0.2, 0.25) is 5.91 Å². The number of carboxylic acid groups (broad SMARTS) is 1. The molecule has 0 unspecified atom stereocenters. The van der Waals surface area contributed by atoms with Crippen molar-refractivity contribution in [3.63, 3.8) is 0 Å². The number of benzene rings is 1. The van der Waals surface area contributed by atoms with Crippen LogP contribution in [0.5, 0.6) is 0 Å². The summed E-state index contributed by atoms with van der Waals surface area (Å²) in [6, 6.07) is 5.11. The van der Waals surface area contributed by atoms with E-state index in [1.807, 2.05) is 6.92 Å². The van der Waals surface area contributed by atoms with Crippen LogP contribution in [-0.4, -0.2) is 22.8 Å². The van der Waals surface area contributed by atoms with Gasteiger partial charge < -0.3 is 10.4 Å². The van der Waals surface area contributed by atoms with E-state index in [1.165, 1.54) is 6.92 Å². The molecule has 5 heteroatoms. The minimum absolute atomic E-state index is 0.00413. The Bertz CT molecular complexity index is 643. The van der Waals surface area contributed by atoms with E-state index in [9.17, 15) is 19.5 Å². The zero-order chi connectivity index (χ0) is 17.7. The molecular weight excluding hydrogens is 306 g/mol. The van der Waals surface area contributed by atoms with E-state index >= 15 is 0 Å². The van der Waals surface area contributed by atoms with E-state index in [0.717, 1.165) is 31.2 Å². The van der Waals surface area contributed by atoms with Crippen LogP contribution in [0, 0.1) is 12.3 Å². The summed E-state index contributed by atoms with van der Waals surface area (Å²) in [6.07, 6.45) is 4.87. The molecule has 0 atom stereocenters. The number of ketones is 1. The monoisotopic (exact) mass is 331 g/mol. The molecular formula is C19H25NO4. The van der Waals surface area contributed by atoms with Gasteiger partial charge in [-0.3, -0.25) is 14.4 Å². The summed E-state index contributed by atoms with van der Waals surface area (Å²) in [5, 5.41) is 12.4. The van der Waals surface area contributed by atoms with Gasteiger partial charge >= 0.3 is 5.97 Å². The number of carbonyl (C=O) groups is 3. The Labute approximate surface area is 142 Å². The molecule has 130 valence electrons. The first-order chi connectivity index (χ1) is 11.3. The molecule has 1 aromatic rings. The van der Waals surface area contributed by atoms with E-state index < -0.39 is 11.4 Å². The van der Waals surface area contributed by atoms with E-state index in [1.54, 1.807) is 18.2 Å². The Morgan fingerprint density at radius 3 is 2.25 bits per heavy atom. The van der Waals surface area contributed by atoms with Crippen LogP contribution in [-0.2, 0) is 9.59 Å². The van der Waals surface area contributed by atoms with Crippen molar-refractivity contribution in [2.24, 2.45) is 5.41 Å². The second-order valence-electron chi connectivity index (χ2n) is 6.81. The molecule has 1 aliphatic rings. The van der Waals surface area contributed by atoms with Crippen LogP contribution in [0.25, 0.3) is 0 Å². The number of aliphatic carboxylic acids is 1. The summed E-state index contributed by atoms with van der Waals surface area (Å²) in [5.74, 6) is -1.18. The standard InChI is InChI=1S/C19H25NO4/c1-13-11-15(7-8-16(13)14(2)21)20-17(22)12-19(18(23)24)9-5-3-4-6-10-19/h7-8,11H,3-6,9-10,12H2,1-2H3,(H,20,22)(H,23,24). The van der Waals surface area contributed by atoms with Crippen LogP contribution in [0.1, 0.15) is 67.8 Å². The Kier molecular flexibility index (Phi) is 5.75. The first-order valence-electron chi connectivity index (χ1n) is 8.49. The smallest absolute Gasteiger partial charge is 0.310 e. The van der Waals surface area contributed by atoms with Crippen molar-refractivity contribution in [1.29, 1.82) is 0 Å². The molecule has 0 aromatic heterocycles. The molecule has 0 aliphatic heterocycles. The fraction of sp³-hybridized carbons (Fsp3) is 0.526. The average molecular weight is 331 g/mol. The highest BCUT2D eigenvalue weighted by Crippen LogP contribution is 2.38. The predicted octanol–water partition coefficient (Wildman–Crippen LogP) is 3.95. The lowest BCUT2D eigenvalue weighted by Crippen LogP contribution is -2.35. The molecule has 0 heterocycles. The van der Waals surface area contributed by atoms with Crippen LogP contribution in [0.3, 0.4) is 0 Å². The van der Waals surface area contributed by atoms with Gasteiger partial charge in [0, 0.05) is 17.7 Å². The Balaban J connectivity index is 2.09. The lowest BCUT2D eigenvalue weighted by atomic mass is 9.77. The second-order valence-corrected chi connectivity index (χ2v) is 6.81.